The van der Waals surface area contributed by atoms with Crippen LogP contribution in [0.5, 0.6) is 0 Å². The quantitative estimate of drug-likeness (QED) is 0.520. The topological polar surface area (TPSA) is 0 Å². The zero-order valence-electron chi connectivity index (χ0n) is 13.3. The van der Waals surface area contributed by atoms with E-state index in [2.05, 4.69) is 0 Å². The van der Waals surface area contributed by atoms with E-state index in [1.165, 1.54) is 0 Å². The molecule has 1 atom stereocenters. The van der Waals surface area contributed by atoms with Crippen molar-refractivity contribution < 1.29 is 30.2 Å². The van der Waals surface area contributed by atoms with Crippen molar-refractivity contribution in [3.05, 3.63) is 34.7 Å². The number of fused-ring (bicyclic) bond motifs is 1. The third-order valence-electron chi connectivity index (χ3n) is 4.72. The number of hydrogen-bond acceptors (Lipinski definition) is 0. The summed E-state index contributed by atoms with van der Waals surface area (Å²) < 4.78 is 41.6. The highest BCUT2D eigenvalue weighted by atomic mass is 79.9. The molecule has 2 aromatic rings. The van der Waals surface area contributed by atoms with E-state index in [0.29, 0.717) is 9.58 Å². The van der Waals surface area contributed by atoms with Crippen LogP contribution in [0.2, 0.25) is 0 Å². The largest absolute Gasteiger partial charge is 1.00 e. The molecule has 1 unspecified atom stereocenters. The zero-order valence-corrected chi connectivity index (χ0v) is 15.7. The molecule has 1 heterocycles. The molecule has 0 aliphatic heterocycles. The predicted octanol–water partition coefficient (Wildman–Crippen LogP) is 4.07. The van der Waals surface area contributed by atoms with Crippen molar-refractivity contribution in [2.75, 3.05) is 0 Å². The molecule has 0 bridgehead atoms. The van der Waals surface area contributed by atoms with Gasteiger partial charge in [0.25, 0.3) is 0 Å². The summed E-state index contributed by atoms with van der Waals surface area (Å²) in [5.41, 5.74) is -3.04. The molecule has 0 nitrogen and oxygen atoms in total. The Morgan fingerprint density at radius 2 is 1.70 bits per heavy atom. The maximum Gasteiger partial charge on any atom is 0.600 e. The van der Waals surface area contributed by atoms with Crippen LogP contribution in [0.4, 0.5) is 13.2 Å². The van der Waals surface area contributed by atoms with E-state index >= 15 is 0 Å². The highest BCUT2D eigenvalue weighted by Crippen LogP contribution is 2.54. The van der Waals surface area contributed by atoms with Crippen LogP contribution in [0.1, 0.15) is 61.8 Å². The number of alkyl halides is 3. The van der Waals surface area contributed by atoms with E-state index in [4.69, 9.17) is 0 Å². The van der Waals surface area contributed by atoms with Gasteiger partial charge in [0.15, 0.2) is 9.58 Å². The summed E-state index contributed by atoms with van der Waals surface area (Å²) in [6.45, 7) is 2.04. The van der Waals surface area contributed by atoms with Gasteiger partial charge in [0.2, 0.25) is 0 Å². The first-order valence-corrected chi connectivity index (χ1v) is 9.39. The minimum absolute atomic E-state index is 0. The fraction of sp³-hybridized carbons (Fsp3) is 0.556. The first-order chi connectivity index (χ1) is 10.5. The number of thiophene rings is 1. The van der Waals surface area contributed by atoms with E-state index in [1.54, 1.807) is 6.07 Å². The first kappa shape index (κ1) is 18.8. The van der Waals surface area contributed by atoms with Gasteiger partial charge < -0.3 is 17.0 Å². The van der Waals surface area contributed by atoms with Gasteiger partial charge in [-0.3, -0.25) is 0 Å². The fourth-order valence-corrected chi connectivity index (χ4v) is 5.70. The molecule has 0 N–H and O–H groups in total. The number of halogens is 4. The highest BCUT2D eigenvalue weighted by Gasteiger charge is 2.49. The summed E-state index contributed by atoms with van der Waals surface area (Å²) in [5.74, 6) is 0.116. The summed E-state index contributed by atoms with van der Waals surface area (Å²) in [5, 5.41) is 0.805. The SMILES string of the molecule is CCc1ccc2c(c1)cc(C1CCCCCC1)[s+]2C(F)(F)F.[Br-]. The van der Waals surface area contributed by atoms with E-state index in [9.17, 15) is 13.2 Å². The Hall–Kier alpha value is -0.550. The van der Waals surface area contributed by atoms with E-state index < -0.39 is 16.0 Å². The second-order valence-corrected chi connectivity index (χ2v) is 8.20. The monoisotopic (exact) mass is 406 g/mol. The van der Waals surface area contributed by atoms with Gasteiger partial charge in [0.05, 0.1) is 10.5 Å². The number of benzene rings is 1. The van der Waals surface area contributed by atoms with Gasteiger partial charge in [-0.25, -0.2) is 0 Å². The Bertz CT molecular complexity index is 652. The Kier molecular flexibility index (Phi) is 6.17. The minimum Gasteiger partial charge on any atom is -1.00 e. The minimum atomic E-state index is -4.16. The number of aryl methyl sites for hydroxylation is 1. The van der Waals surface area contributed by atoms with Crippen LogP contribution < -0.4 is 17.0 Å². The Morgan fingerprint density at radius 3 is 2.26 bits per heavy atom. The lowest BCUT2D eigenvalue weighted by molar-refractivity contribution is -0.0868. The van der Waals surface area contributed by atoms with Crippen molar-refractivity contribution in [2.45, 2.75) is 63.3 Å². The molecule has 1 saturated carbocycles. The van der Waals surface area contributed by atoms with Crippen LogP contribution in [-0.4, -0.2) is 0 Å². The van der Waals surface area contributed by atoms with Crippen molar-refractivity contribution >= 4 is 20.6 Å². The predicted molar refractivity (Wildman–Crippen MR) is 87.5 cm³/mol. The molecule has 1 aliphatic rings. The van der Waals surface area contributed by atoms with Crippen molar-refractivity contribution in [1.29, 1.82) is 0 Å². The van der Waals surface area contributed by atoms with Crippen LogP contribution in [0.3, 0.4) is 0 Å². The third-order valence-corrected chi connectivity index (χ3v) is 6.92. The van der Waals surface area contributed by atoms with E-state index in [0.717, 1.165) is 55.9 Å². The van der Waals surface area contributed by atoms with Crippen LogP contribution in [0, 0.1) is 0 Å². The van der Waals surface area contributed by atoms with Crippen LogP contribution in [0.25, 0.3) is 10.1 Å². The van der Waals surface area contributed by atoms with Gasteiger partial charge >= 0.3 is 5.51 Å². The lowest BCUT2D eigenvalue weighted by Crippen LogP contribution is -3.00. The molecule has 1 aromatic carbocycles. The molecule has 0 saturated heterocycles. The Labute approximate surface area is 148 Å². The lowest BCUT2D eigenvalue weighted by atomic mass is 9.98. The van der Waals surface area contributed by atoms with Gasteiger partial charge in [-0.05, 0) is 37.0 Å². The molecular weight excluding hydrogens is 385 g/mol. The first-order valence-electron chi connectivity index (χ1n) is 8.16. The molecule has 0 amide bonds. The van der Waals surface area contributed by atoms with Crippen molar-refractivity contribution in [3.63, 3.8) is 0 Å². The molecule has 0 radical (unpaired) electrons. The average Bonchev–Trinajstić information content (AvgIpc) is 2.66. The van der Waals surface area contributed by atoms with E-state index in [-0.39, 0.29) is 22.9 Å². The molecule has 5 heteroatoms. The molecular formula is C18H22BrF3S. The second kappa shape index (κ2) is 7.56. The van der Waals surface area contributed by atoms with Gasteiger partial charge in [-0.1, -0.05) is 38.7 Å². The summed E-state index contributed by atoms with van der Waals surface area (Å²) >= 11 is 0. The number of hydrogen-bond donors (Lipinski definition) is 0. The third kappa shape index (κ3) is 3.93. The van der Waals surface area contributed by atoms with Gasteiger partial charge in [-0.15, -0.1) is 13.2 Å². The number of rotatable bonds is 2. The van der Waals surface area contributed by atoms with Crippen LogP contribution >= 0.6 is 10.5 Å². The Morgan fingerprint density at radius 1 is 1.04 bits per heavy atom. The summed E-state index contributed by atoms with van der Waals surface area (Å²) in [4.78, 5) is 0.651. The van der Waals surface area contributed by atoms with Crippen molar-refractivity contribution in [3.8, 4) is 0 Å². The average molecular weight is 407 g/mol. The van der Waals surface area contributed by atoms with Crippen LogP contribution in [0.15, 0.2) is 24.3 Å². The van der Waals surface area contributed by atoms with Gasteiger partial charge in [-0.2, -0.15) is 0 Å². The standard InChI is InChI=1S/C18H22F3S.BrH/c1-2-13-9-10-16-15(11-13)12-17(22(16)18(19,20)21)14-7-5-3-4-6-8-14;/h9-12,14H,2-8H2,1H3;1H/q+1;/p-1. The van der Waals surface area contributed by atoms with Gasteiger partial charge in [0.1, 0.15) is 0 Å². The fourth-order valence-electron chi connectivity index (χ4n) is 3.56. The Balaban J connectivity index is 0.00000192. The van der Waals surface area contributed by atoms with Crippen molar-refractivity contribution in [1.82, 2.24) is 0 Å². The second-order valence-electron chi connectivity index (χ2n) is 6.21. The van der Waals surface area contributed by atoms with Gasteiger partial charge in [0, 0.05) is 17.4 Å². The maximum atomic E-state index is 13.7. The smallest absolute Gasteiger partial charge is 0.600 e. The molecule has 23 heavy (non-hydrogen) atoms. The normalized spacial score (nSPS) is 17.8. The van der Waals surface area contributed by atoms with Crippen molar-refractivity contribution in [2.24, 2.45) is 0 Å². The summed E-state index contributed by atoms with van der Waals surface area (Å²) in [6, 6.07) is 7.38. The molecule has 1 aromatic heterocycles. The molecule has 1 aliphatic carbocycles. The van der Waals surface area contributed by atoms with Crippen LogP contribution in [-0.2, 0) is 11.9 Å². The zero-order chi connectivity index (χ0) is 15.7. The maximum absolute atomic E-state index is 13.7. The summed E-state index contributed by atoms with van der Waals surface area (Å²) in [6.07, 6.45) is 7.15. The lowest BCUT2D eigenvalue weighted by Gasteiger charge is -2.10. The molecule has 0 spiro atoms. The molecule has 1 fully saturated rings. The molecule has 128 valence electrons. The molecule has 3 rings (SSSR count). The highest BCUT2D eigenvalue weighted by molar-refractivity contribution is 7.38. The summed E-state index contributed by atoms with van der Waals surface area (Å²) in [7, 11) is -1.71. The van der Waals surface area contributed by atoms with E-state index in [1.807, 2.05) is 25.1 Å².